The van der Waals surface area contributed by atoms with Gasteiger partial charge in [0.05, 0.1) is 6.54 Å². The summed E-state index contributed by atoms with van der Waals surface area (Å²) in [6.45, 7) is 7.15. The summed E-state index contributed by atoms with van der Waals surface area (Å²) in [6.07, 6.45) is 0. The minimum Gasteiger partial charge on any atom is -0.298 e. The third kappa shape index (κ3) is 4.60. The van der Waals surface area contributed by atoms with Crippen molar-refractivity contribution in [1.82, 2.24) is 4.90 Å². The fraction of sp³-hybridized carbons (Fsp3) is 0.500. The Hall–Kier alpha value is -0.670. The number of hydrogen-bond acceptors (Lipinski definition) is 2. The maximum absolute atomic E-state index is 11.9. The lowest BCUT2D eigenvalue weighted by atomic mass is 9.90. The molecule has 17 heavy (non-hydrogen) atoms. The molecule has 3 heteroatoms. The van der Waals surface area contributed by atoms with Gasteiger partial charge in [-0.2, -0.15) is 0 Å². The highest BCUT2D eigenvalue weighted by Crippen LogP contribution is 2.19. The van der Waals surface area contributed by atoms with E-state index in [1.165, 1.54) is 5.56 Å². The largest absolute Gasteiger partial charge is 0.298 e. The molecule has 1 rings (SSSR count). The van der Waals surface area contributed by atoms with Gasteiger partial charge in [0.25, 0.3) is 0 Å². The molecule has 0 saturated carbocycles. The molecule has 0 spiro atoms. The molecule has 0 fully saturated rings. The van der Waals surface area contributed by atoms with Crippen LogP contribution in [0.4, 0.5) is 0 Å². The first kappa shape index (κ1) is 14.4. The van der Waals surface area contributed by atoms with Crippen molar-refractivity contribution in [2.24, 2.45) is 5.41 Å². The molecule has 0 atom stereocenters. The van der Waals surface area contributed by atoms with Gasteiger partial charge in [0, 0.05) is 16.4 Å². The zero-order chi connectivity index (χ0) is 13.1. The lowest BCUT2D eigenvalue weighted by Crippen LogP contribution is -2.33. The first-order chi connectivity index (χ1) is 7.80. The summed E-state index contributed by atoms with van der Waals surface area (Å²) in [7, 11) is 1.98. The van der Waals surface area contributed by atoms with Crippen LogP contribution >= 0.6 is 15.9 Å². The van der Waals surface area contributed by atoms with E-state index in [2.05, 4.69) is 22.0 Å². The number of nitrogens with zero attached hydrogens (tertiary/aromatic N) is 1. The summed E-state index contributed by atoms with van der Waals surface area (Å²) in [6, 6.07) is 8.10. The van der Waals surface area contributed by atoms with E-state index >= 15 is 0 Å². The number of halogens is 1. The molecule has 0 aliphatic rings. The van der Waals surface area contributed by atoms with Crippen LogP contribution in [-0.2, 0) is 11.3 Å². The summed E-state index contributed by atoms with van der Waals surface area (Å²) >= 11 is 3.52. The summed E-state index contributed by atoms with van der Waals surface area (Å²) in [5, 5.41) is 0. The molecular formula is C14H20BrNO. The Labute approximate surface area is 112 Å². The first-order valence-corrected chi connectivity index (χ1v) is 6.55. The van der Waals surface area contributed by atoms with Crippen LogP contribution in [0, 0.1) is 5.41 Å². The van der Waals surface area contributed by atoms with Gasteiger partial charge in [-0.3, -0.25) is 9.69 Å². The van der Waals surface area contributed by atoms with E-state index in [0.29, 0.717) is 6.54 Å². The number of Topliss-reactive ketones (excluding diaryl/α,β-unsaturated/α-hetero) is 1. The second-order valence-electron chi connectivity index (χ2n) is 5.44. The predicted octanol–water partition coefficient (Wildman–Crippen LogP) is 3.50. The van der Waals surface area contributed by atoms with E-state index in [9.17, 15) is 4.79 Å². The number of likely N-dealkylation sites (N-methyl/N-ethyl adjacent to an activating group) is 1. The summed E-state index contributed by atoms with van der Waals surface area (Å²) in [5.41, 5.74) is 0.944. The topological polar surface area (TPSA) is 20.3 Å². The van der Waals surface area contributed by atoms with Crippen molar-refractivity contribution < 1.29 is 4.79 Å². The van der Waals surface area contributed by atoms with E-state index in [0.717, 1.165) is 11.0 Å². The molecule has 0 heterocycles. The van der Waals surface area contributed by atoms with E-state index < -0.39 is 0 Å². The van der Waals surface area contributed by atoms with Crippen LogP contribution in [0.5, 0.6) is 0 Å². The third-order valence-electron chi connectivity index (χ3n) is 2.65. The van der Waals surface area contributed by atoms with Crippen molar-refractivity contribution in [3.05, 3.63) is 34.3 Å². The molecule has 2 nitrogen and oxygen atoms in total. The molecule has 0 amide bonds. The average Bonchev–Trinajstić information content (AvgIpc) is 2.20. The van der Waals surface area contributed by atoms with E-state index in [-0.39, 0.29) is 11.2 Å². The highest BCUT2D eigenvalue weighted by molar-refractivity contribution is 9.10. The second-order valence-corrected chi connectivity index (χ2v) is 6.29. The Kier molecular flexibility index (Phi) is 4.90. The fourth-order valence-corrected chi connectivity index (χ4v) is 1.87. The van der Waals surface area contributed by atoms with Gasteiger partial charge >= 0.3 is 0 Å². The molecule has 0 bridgehead atoms. The van der Waals surface area contributed by atoms with Gasteiger partial charge in [-0.15, -0.1) is 0 Å². The molecular weight excluding hydrogens is 278 g/mol. The van der Waals surface area contributed by atoms with Crippen molar-refractivity contribution in [3.8, 4) is 0 Å². The van der Waals surface area contributed by atoms with Crippen molar-refractivity contribution in [3.63, 3.8) is 0 Å². The lowest BCUT2D eigenvalue weighted by Gasteiger charge is -2.22. The molecule has 0 N–H and O–H groups in total. The van der Waals surface area contributed by atoms with Crippen LogP contribution in [0.2, 0.25) is 0 Å². The van der Waals surface area contributed by atoms with Crippen molar-refractivity contribution in [2.45, 2.75) is 27.3 Å². The van der Waals surface area contributed by atoms with Crippen LogP contribution in [0.15, 0.2) is 28.7 Å². The Morgan fingerprint density at radius 1 is 1.29 bits per heavy atom. The van der Waals surface area contributed by atoms with Gasteiger partial charge in [0.1, 0.15) is 0 Å². The monoisotopic (exact) mass is 297 g/mol. The van der Waals surface area contributed by atoms with Crippen LogP contribution in [0.1, 0.15) is 26.3 Å². The van der Waals surface area contributed by atoms with Gasteiger partial charge in [-0.25, -0.2) is 0 Å². The van der Waals surface area contributed by atoms with Gasteiger partial charge < -0.3 is 0 Å². The fourth-order valence-electron chi connectivity index (χ4n) is 1.46. The predicted molar refractivity (Wildman–Crippen MR) is 74.9 cm³/mol. The number of rotatable bonds is 4. The van der Waals surface area contributed by atoms with Crippen LogP contribution in [0.25, 0.3) is 0 Å². The minimum atomic E-state index is -0.262. The third-order valence-corrected chi connectivity index (χ3v) is 3.42. The van der Waals surface area contributed by atoms with Gasteiger partial charge in [-0.1, -0.05) is 54.9 Å². The number of hydrogen-bond donors (Lipinski definition) is 0. The average molecular weight is 298 g/mol. The standard InChI is InChI=1S/C14H20BrNO/c1-14(2,3)13(17)10-16(4)9-11-7-5-6-8-12(11)15/h5-8H,9-10H2,1-4H3. The molecule has 94 valence electrons. The van der Waals surface area contributed by atoms with Crippen LogP contribution < -0.4 is 0 Å². The van der Waals surface area contributed by atoms with Crippen LogP contribution in [-0.4, -0.2) is 24.3 Å². The molecule has 0 unspecified atom stereocenters. The van der Waals surface area contributed by atoms with Gasteiger partial charge in [0.2, 0.25) is 0 Å². The highest BCUT2D eigenvalue weighted by atomic mass is 79.9. The number of carbonyl (C=O) groups is 1. The minimum absolute atomic E-state index is 0.262. The maximum Gasteiger partial charge on any atom is 0.152 e. The molecule has 0 aromatic heterocycles. The van der Waals surface area contributed by atoms with Crippen LogP contribution in [0.3, 0.4) is 0 Å². The number of ketones is 1. The Morgan fingerprint density at radius 2 is 1.88 bits per heavy atom. The summed E-state index contributed by atoms with van der Waals surface area (Å²) in [5.74, 6) is 0.270. The van der Waals surface area contributed by atoms with E-state index in [4.69, 9.17) is 0 Å². The number of carbonyl (C=O) groups excluding carboxylic acids is 1. The van der Waals surface area contributed by atoms with Crippen molar-refractivity contribution in [1.29, 1.82) is 0 Å². The second kappa shape index (κ2) is 5.78. The quantitative estimate of drug-likeness (QED) is 0.848. The maximum atomic E-state index is 11.9. The summed E-state index contributed by atoms with van der Waals surface area (Å²) < 4.78 is 1.09. The van der Waals surface area contributed by atoms with E-state index in [1.807, 2.05) is 50.9 Å². The zero-order valence-electron chi connectivity index (χ0n) is 11.0. The highest BCUT2D eigenvalue weighted by Gasteiger charge is 2.22. The molecule has 1 aromatic rings. The number of benzene rings is 1. The molecule has 1 aromatic carbocycles. The normalized spacial score (nSPS) is 11.9. The van der Waals surface area contributed by atoms with Gasteiger partial charge in [-0.05, 0) is 18.7 Å². The van der Waals surface area contributed by atoms with Crippen molar-refractivity contribution in [2.75, 3.05) is 13.6 Å². The Morgan fingerprint density at radius 3 is 2.41 bits per heavy atom. The molecule has 0 radical (unpaired) electrons. The molecule has 0 saturated heterocycles. The SMILES string of the molecule is CN(CC(=O)C(C)(C)C)Cc1ccccc1Br. The molecule has 0 aliphatic heterocycles. The lowest BCUT2D eigenvalue weighted by molar-refractivity contribution is -0.127. The zero-order valence-corrected chi connectivity index (χ0v) is 12.5. The summed E-state index contributed by atoms with van der Waals surface area (Å²) in [4.78, 5) is 13.9. The van der Waals surface area contributed by atoms with E-state index in [1.54, 1.807) is 0 Å². The Balaban J connectivity index is 2.59. The Bertz CT molecular complexity index is 395. The molecule has 0 aliphatic carbocycles. The smallest absolute Gasteiger partial charge is 0.152 e. The van der Waals surface area contributed by atoms with Gasteiger partial charge in [0.15, 0.2) is 5.78 Å². The first-order valence-electron chi connectivity index (χ1n) is 5.76. The van der Waals surface area contributed by atoms with Crippen molar-refractivity contribution >= 4 is 21.7 Å².